The standard InChI is InChI=1S/C39H41F4N5O3/c1-4-25-29(40)10-9-23-16-24(49)17-26(31(23)25)33-32(41)34-27(18-44-33)35(48-15-6-11-37(3,50)20-48)46-36(45-34)51-21-38-12-5-8-30(38)47(14-7-13-38)19-28-22(2)39(28,42)43/h1,9-10,16-18,22,28,30,49-50H,5-8,11-15,19-21H2,2-3H3. The van der Waals surface area contributed by atoms with Gasteiger partial charge in [0, 0.05) is 60.1 Å². The van der Waals surface area contributed by atoms with Crippen molar-refractivity contribution >= 4 is 27.5 Å². The Morgan fingerprint density at radius 3 is 2.59 bits per heavy atom. The lowest BCUT2D eigenvalue weighted by atomic mass is 9.75. The average molecular weight is 704 g/mol. The number of hydrogen-bond donors (Lipinski definition) is 2. The third-order valence-corrected chi connectivity index (χ3v) is 12.0. The van der Waals surface area contributed by atoms with E-state index in [9.17, 15) is 23.4 Å². The summed E-state index contributed by atoms with van der Waals surface area (Å²) in [6.45, 7) is 5.54. The molecule has 2 aliphatic carbocycles. The molecule has 51 heavy (non-hydrogen) atoms. The molecular formula is C39H41F4N5O3. The molecule has 12 heteroatoms. The second-order valence-electron chi connectivity index (χ2n) is 15.4. The lowest BCUT2D eigenvalue weighted by Gasteiger charge is -2.46. The molecule has 4 fully saturated rings. The van der Waals surface area contributed by atoms with Crippen molar-refractivity contribution < 1.29 is 32.5 Å². The molecule has 0 amide bonds. The van der Waals surface area contributed by atoms with Crippen molar-refractivity contribution in [2.24, 2.45) is 17.3 Å². The minimum atomic E-state index is -2.62. The van der Waals surface area contributed by atoms with Gasteiger partial charge in [-0.15, -0.1) is 6.42 Å². The van der Waals surface area contributed by atoms with Crippen LogP contribution < -0.4 is 9.64 Å². The summed E-state index contributed by atoms with van der Waals surface area (Å²) in [5.41, 5.74) is -1.54. The van der Waals surface area contributed by atoms with Gasteiger partial charge in [-0.1, -0.05) is 25.3 Å². The summed E-state index contributed by atoms with van der Waals surface area (Å²) < 4.78 is 66.8. The van der Waals surface area contributed by atoms with E-state index in [4.69, 9.17) is 16.1 Å². The van der Waals surface area contributed by atoms with E-state index in [0.717, 1.165) is 38.6 Å². The van der Waals surface area contributed by atoms with Crippen LogP contribution in [0.3, 0.4) is 0 Å². The van der Waals surface area contributed by atoms with Crippen molar-refractivity contribution in [3.8, 4) is 35.4 Å². The maximum Gasteiger partial charge on any atom is 0.319 e. The Balaban J connectivity index is 1.20. The number of fused-ring (bicyclic) bond motifs is 3. The van der Waals surface area contributed by atoms with E-state index in [-0.39, 0.29) is 64.1 Å². The molecule has 5 atom stereocenters. The van der Waals surface area contributed by atoms with Crippen LogP contribution >= 0.6 is 0 Å². The third-order valence-electron chi connectivity index (χ3n) is 12.0. The molecule has 4 aliphatic rings. The minimum Gasteiger partial charge on any atom is -0.508 e. The number of alkyl halides is 2. The van der Waals surface area contributed by atoms with E-state index in [1.807, 2.05) is 4.90 Å². The van der Waals surface area contributed by atoms with Gasteiger partial charge in [-0.05, 0) is 75.6 Å². The maximum absolute atomic E-state index is 16.9. The van der Waals surface area contributed by atoms with Crippen LogP contribution in [0.5, 0.6) is 11.8 Å². The van der Waals surface area contributed by atoms with Gasteiger partial charge in [0.2, 0.25) is 0 Å². The highest BCUT2D eigenvalue weighted by atomic mass is 19.3. The molecule has 0 radical (unpaired) electrons. The summed E-state index contributed by atoms with van der Waals surface area (Å²) in [6.07, 6.45) is 12.9. The molecule has 8 rings (SSSR count). The average Bonchev–Trinajstić information content (AvgIpc) is 3.37. The van der Waals surface area contributed by atoms with Crippen molar-refractivity contribution in [2.45, 2.75) is 76.4 Å². The first-order chi connectivity index (χ1) is 24.3. The van der Waals surface area contributed by atoms with Gasteiger partial charge in [-0.3, -0.25) is 9.88 Å². The number of likely N-dealkylation sites (tertiary alicyclic amines) is 1. The molecule has 0 bridgehead atoms. The number of phenols is 1. The number of phenolic OH excluding ortho intramolecular Hbond substituents is 1. The number of nitrogens with zero attached hydrogens (tertiary/aromatic N) is 5. The number of rotatable bonds is 7. The normalized spacial score (nSPS) is 28.9. The van der Waals surface area contributed by atoms with Crippen LogP contribution in [0.4, 0.5) is 23.4 Å². The van der Waals surface area contributed by atoms with Gasteiger partial charge in [-0.2, -0.15) is 9.97 Å². The molecular weight excluding hydrogens is 662 g/mol. The van der Waals surface area contributed by atoms with E-state index in [1.165, 1.54) is 30.5 Å². The van der Waals surface area contributed by atoms with Gasteiger partial charge >= 0.3 is 6.01 Å². The summed E-state index contributed by atoms with van der Waals surface area (Å²) in [6, 6.07) is 5.42. The Kier molecular flexibility index (Phi) is 8.11. The van der Waals surface area contributed by atoms with E-state index in [0.29, 0.717) is 42.5 Å². The number of benzene rings is 2. The molecule has 2 N–H and O–H groups in total. The predicted octanol–water partition coefficient (Wildman–Crippen LogP) is 7.08. The largest absolute Gasteiger partial charge is 0.508 e. The van der Waals surface area contributed by atoms with Crippen LogP contribution in [0.2, 0.25) is 0 Å². The number of aromatic hydroxyl groups is 1. The first-order valence-corrected chi connectivity index (χ1v) is 17.8. The molecule has 268 valence electrons. The summed E-state index contributed by atoms with van der Waals surface area (Å²) in [5, 5.41) is 22.5. The fraction of sp³-hybridized carbons (Fsp3) is 0.513. The molecule has 2 aromatic carbocycles. The van der Waals surface area contributed by atoms with Crippen LogP contribution in [0, 0.1) is 41.2 Å². The van der Waals surface area contributed by atoms with Crippen molar-refractivity contribution in [1.82, 2.24) is 19.9 Å². The number of anilines is 1. The number of hydrogen-bond acceptors (Lipinski definition) is 8. The second-order valence-corrected chi connectivity index (χ2v) is 15.4. The first kappa shape index (κ1) is 33.9. The molecule has 4 heterocycles. The predicted molar refractivity (Wildman–Crippen MR) is 186 cm³/mol. The zero-order chi connectivity index (χ0) is 35.9. The Labute approximate surface area is 293 Å². The van der Waals surface area contributed by atoms with Gasteiger partial charge in [0.1, 0.15) is 28.6 Å². The fourth-order valence-corrected chi connectivity index (χ4v) is 9.20. The van der Waals surface area contributed by atoms with Gasteiger partial charge in [-0.25, -0.2) is 17.6 Å². The highest BCUT2D eigenvalue weighted by Gasteiger charge is 2.66. The molecule has 2 aromatic heterocycles. The summed E-state index contributed by atoms with van der Waals surface area (Å²) >= 11 is 0. The van der Waals surface area contributed by atoms with Crippen molar-refractivity contribution in [2.75, 3.05) is 37.7 Å². The highest BCUT2D eigenvalue weighted by molar-refractivity contribution is 6.03. The molecule has 0 spiro atoms. The van der Waals surface area contributed by atoms with E-state index in [2.05, 4.69) is 20.8 Å². The monoisotopic (exact) mass is 703 g/mol. The fourth-order valence-electron chi connectivity index (χ4n) is 9.20. The molecule has 2 saturated heterocycles. The Hall–Kier alpha value is -4.21. The van der Waals surface area contributed by atoms with Crippen molar-refractivity contribution in [1.29, 1.82) is 0 Å². The number of ether oxygens (including phenoxy) is 1. The van der Waals surface area contributed by atoms with Gasteiger partial charge in [0.15, 0.2) is 5.82 Å². The SMILES string of the molecule is C#Cc1c(F)ccc2cc(O)cc(-c3ncc4c(N5CCCC(C)(O)C5)nc(OCC56CCCC5N(CC5C(C)C5(F)F)CCC6)nc4c3F)c12. The smallest absolute Gasteiger partial charge is 0.319 e. The second kappa shape index (κ2) is 12.2. The zero-order valence-corrected chi connectivity index (χ0v) is 28.7. The highest BCUT2D eigenvalue weighted by Crippen LogP contribution is 2.57. The van der Waals surface area contributed by atoms with E-state index < -0.39 is 35.0 Å². The number of aliphatic hydroxyl groups is 1. The van der Waals surface area contributed by atoms with E-state index >= 15 is 4.39 Å². The van der Waals surface area contributed by atoms with E-state index in [1.54, 1.807) is 13.8 Å². The van der Waals surface area contributed by atoms with Crippen molar-refractivity contribution in [3.05, 3.63) is 47.7 Å². The molecule has 5 unspecified atom stereocenters. The number of β-amino-alcohol motifs (C(OH)–C–C–N with tert-alkyl or cyclic N) is 1. The lowest BCUT2D eigenvalue weighted by Crippen LogP contribution is -2.52. The van der Waals surface area contributed by atoms with Crippen LogP contribution in [-0.4, -0.2) is 80.4 Å². The number of piperidine rings is 2. The molecule has 4 aromatic rings. The van der Waals surface area contributed by atoms with Crippen LogP contribution in [0.1, 0.15) is 64.4 Å². The van der Waals surface area contributed by atoms with Gasteiger partial charge in [0.25, 0.3) is 5.92 Å². The summed E-state index contributed by atoms with van der Waals surface area (Å²) in [5.74, 6) is -2.82. The Morgan fingerprint density at radius 1 is 1.08 bits per heavy atom. The maximum atomic E-state index is 16.9. The van der Waals surface area contributed by atoms with Gasteiger partial charge in [0.05, 0.1) is 23.2 Å². The minimum absolute atomic E-state index is 0.0469. The lowest BCUT2D eigenvalue weighted by molar-refractivity contribution is -0.0102. The van der Waals surface area contributed by atoms with Gasteiger partial charge < -0.3 is 19.8 Å². The molecule has 2 aliphatic heterocycles. The number of aromatic nitrogens is 3. The topological polar surface area (TPSA) is 94.8 Å². The van der Waals surface area contributed by atoms with Crippen LogP contribution in [0.15, 0.2) is 30.5 Å². The number of terminal acetylenes is 1. The molecule has 2 saturated carbocycles. The number of halogens is 4. The Bertz CT molecular complexity index is 2090. The van der Waals surface area contributed by atoms with Crippen LogP contribution in [0.25, 0.3) is 32.9 Å². The van der Waals surface area contributed by atoms with Crippen molar-refractivity contribution in [3.63, 3.8) is 0 Å². The Morgan fingerprint density at radius 2 is 1.84 bits per heavy atom. The third kappa shape index (κ3) is 5.73. The first-order valence-electron chi connectivity index (χ1n) is 17.8. The summed E-state index contributed by atoms with van der Waals surface area (Å²) in [7, 11) is 0. The zero-order valence-electron chi connectivity index (χ0n) is 28.7. The number of pyridine rings is 1. The molecule has 8 nitrogen and oxygen atoms in total. The summed E-state index contributed by atoms with van der Waals surface area (Å²) in [4.78, 5) is 17.9. The van der Waals surface area contributed by atoms with Crippen LogP contribution in [-0.2, 0) is 0 Å². The quantitative estimate of drug-likeness (QED) is 0.156.